The van der Waals surface area contributed by atoms with Crippen LogP contribution in [0.1, 0.15) is 1.43 Å². The largest absolute Gasteiger partial charge is 1.00 e. The molecule has 0 heterocycles. The number of carbonyl (C=O) groups is 1. The Morgan fingerprint density at radius 2 is 1.38 bits per heavy atom. The van der Waals surface area contributed by atoms with E-state index in [-0.39, 0.29) is 47.4 Å². The number of carbonyl (C=O) groups excluding carboxylic acids is 1. The Morgan fingerprint density at radius 1 is 1.38 bits per heavy atom. The molecule has 1 amide bonds. The van der Waals surface area contributed by atoms with Crippen molar-refractivity contribution < 1.29 is 52.2 Å². The zero-order valence-electron chi connectivity index (χ0n) is 5.43. The Balaban J connectivity index is -0.00000000450. The molecule has 0 aliphatic carbocycles. The van der Waals surface area contributed by atoms with Crippen LogP contribution in [-0.2, 0) is 0 Å². The average molecular weight is 155 g/mol. The predicted molar refractivity (Wildman–Crippen MR) is 30.5 cm³/mol. The van der Waals surface area contributed by atoms with Gasteiger partial charge in [-0.25, -0.2) is 0 Å². The monoisotopic (exact) mass is 155 g/mol. The molecular formula is CH10NNaO4S. The summed E-state index contributed by atoms with van der Waals surface area (Å²) in [6.07, 6.45) is 0. The molecule has 0 radical (unpaired) electrons. The van der Waals surface area contributed by atoms with Crippen molar-refractivity contribution in [2.75, 3.05) is 0 Å². The van der Waals surface area contributed by atoms with Crippen LogP contribution in [0.2, 0.25) is 0 Å². The van der Waals surface area contributed by atoms with E-state index in [2.05, 4.69) is 18.4 Å². The minimum atomic E-state index is -0.639. The van der Waals surface area contributed by atoms with Crippen molar-refractivity contribution in [3.63, 3.8) is 0 Å². The molecule has 7 heteroatoms. The maximum Gasteiger partial charge on any atom is 1.00 e. The van der Waals surface area contributed by atoms with Crippen molar-refractivity contribution in [3.8, 4) is 0 Å². The van der Waals surface area contributed by atoms with Gasteiger partial charge in [0.15, 0.2) is 0 Å². The van der Waals surface area contributed by atoms with Gasteiger partial charge in [-0.1, -0.05) is 12.6 Å². The van der Waals surface area contributed by atoms with Gasteiger partial charge >= 0.3 is 29.6 Å². The van der Waals surface area contributed by atoms with Gasteiger partial charge in [-0.05, 0) is 0 Å². The molecule has 5 nitrogen and oxygen atoms in total. The van der Waals surface area contributed by atoms with Crippen molar-refractivity contribution in [2.24, 2.45) is 5.73 Å². The van der Waals surface area contributed by atoms with Crippen LogP contribution in [0.4, 0.5) is 4.79 Å². The van der Waals surface area contributed by atoms with Crippen LogP contribution < -0.4 is 35.3 Å². The van der Waals surface area contributed by atoms with Crippen molar-refractivity contribution in [2.45, 2.75) is 0 Å². The van der Waals surface area contributed by atoms with Crippen molar-refractivity contribution in [3.05, 3.63) is 0 Å². The van der Waals surface area contributed by atoms with Gasteiger partial charge < -0.3 is 23.6 Å². The summed E-state index contributed by atoms with van der Waals surface area (Å²) >= 11 is 3.10. The maximum absolute atomic E-state index is 9.09. The van der Waals surface area contributed by atoms with E-state index in [0.29, 0.717) is 0 Å². The molecule has 0 saturated carbocycles. The first-order valence-electron chi connectivity index (χ1n) is 0.716. The van der Waals surface area contributed by atoms with Crippen molar-refractivity contribution in [1.82, 2.24) is 0 Å². The van der Waals surface area contributed by atoms with E-state index in [9.17, 15) is 0 Å². The number of hydrogen-bond acceptors (Lipinski definition) is 1. The summed E-state index contributed by atoms with van der Waals surface area (Å²) in [5.74, 6) is 0. The molecule has 0 spiro atoms. The first kappa shape index (κ1) is 37.7. The predicted octanol–water partition coefficient (Wildman–Crippen LogP) is -5.36. The molecule has 8 heavy (non-hydrogen) atoms. The summed E-state index contributed by atoms with van der Waals surface area (Å²) in [4.78, 5) is 9.09. The Labute approximate surface area is 75.7 Å². The summed E-state index contributed by atoms with van der Waals surface area (Å²) in [5.41, 5.74) is 4.34. The van der Waals surface area contributed by atoms with Gasteiger partial charge in [0.1, 0.15) is 0 Å². The standard InChI is InChI=1S/CH3NOS.Na.3H2O.H/c2-1(3)4;;;;;/h(H3,2,3,4);;3*1H2;/q;+1;;;;-1. The van der Waals surface area contributed by atoms with E-state index in [1.165, 1.54) is 0 Å². The number of primary amides is 1. The van der Waals surface area contributed by atoms with Crippen LogP contribution in [0.5, 0.6) is 0 Å². The molecule has 0 aliphatic heterocycles. The minimum Gasteiger partial charge on any atom is -1.00 e. The summed E-state index contributed by atoms with van der Waals surface area (Å²) in [5, 5.41) is -0.639. The number of thiol groups is 1. The Morgan fingerprint density at radius 3 is 1.38 bits per heavy atom. The molecule has 0 rings (SSSR count). The van der Waals surface area contributed by atoms with E-state index in [1.54, 1.807) is 0 Å². The first-order valence-corrected chi connectivity index (χ1v) is 1.16. The van der Waals surface area contributed by atoms with Gasteiger partial charge in [-0.2, -0.15) is 0 Å². The van der Waals surface area contributed by atoms with E-state index < -0.39 is 5.24 Å². The van der Waals surface area contributed by atoms with Gasteiger partial charge in [0.05, 0.1) is 0 Å². The molecule has 0 atom stereocenters. The molecule has 0 fully saturated rings. The number of hydrogen-bond donors (Lipinski definition) is 2. The Bertz CT molecular complexity index is 43.5. The Hall–Kier alpha value is 0.700. The first-order chi connectivity index (χ1) is 1.73. The third-order valence-corrected chi connectivity index (χ3v) is 0. The molecule has 0 saturated heterocycles. The average Bonchev–Trinajstić information content (AvgIpc) is 0.811. The third-order valence-electron chi connectivity index (χ3n) is 0. The van der Waals surface area contributed by atoms with E-state index in [1.807, 2.05) is 0 Å². The van der Waals surface area contributed by atoms with E-state index >= 15 is 0 Å². The zero-order valence-corrected chi connectivity index (χ0v) is 7.33. The summed E-state index contributed by atoms with van der Waals surface area (Å²) in [7, 11) is 0. The van der Waals surface area contributed by atoms with Crippen LogP contribution in [0.3, 0.4) is 0 Å². The summed E-state index contributed by atoms with van der Waals surface area (Å²) in [6.45, 7) is 0. The zero-order chi connectivity index (χ0) is 3.58. The fourth-order valence-corrected chi connectivity index (χ4v) is 0. The number of amides is 1. The second-order valence-corrected chi connectivity index (χ2v) is 0.779. The Kier molecular flexibility index (Phi) is 119. The topological polar surface area (TPSA) is 138 Å². The van der Waals surface area contributed by atoms with Gasteiger partial charge in [0.25, 0.3) is 5.24 Å². The van der Waals surface area contributed by atoms with Crippen LogP contribution in [0, 0.1) is 0 Å². The molecular weight excluding hydrogens is 145 g/mol. The van der Waals surface area contributed by atoms with Crippen molar-refractivity contribution >= 4 is 17.9 Å². The van der Waals surface area contributed by atoms with Crippen LogP contribution in [0.25, 0.3) is 0 Å². The summed E-state index contributed by atoms with van der Waals surface area (Å²) < 4.78 is 0. The van der Waals surface area contributed by atoms with Gasteiger partial charge in [0, 0.05) is 0 Å². The molecule has 0 aromatic rings. The quantitative estimate of drug-likeness (QED) is 0.262. The van der Waals surface area contributed by atoms with Crippen LogP contribution >= 0.6 is 12.6 Å². The van der Waals surface area contributed by atoms with E-state index in [4.69, 9.17) is 4.79 Å². The SMILES string of the molecule is NC(=O)S.O.O.O.[H-].[Na+]. The van der Waals surface area contributed by atoms with Gasteiger partial charge in [-0.3, -0.25) is 4.79 Å². The molecule has 0 bridgehead atoms. The summed E-state index contributed by atoms with van der Waals surface area (Å²) in [6, 6.07) is 0. The molecule has 0 aromatic heterocycles. The molecule has 50 valence electrons. The van der Waals surface area contributed by atoms with Crippen LogP contribution in [0.15, 0.2) is 0 Å². The third kappa shape index (κ3) is 444. The van der Waals surface area contributed by atoms with Gasteiger partial charge in [0.2, 0.25) is 0 Å². The second-order valence-electron chi connectivity index (χ2n) is 0.338. The second kappa shape index (κ2) is 25.2. The van der Waals surface area contributed by atoms with Crippen LogP contribution in [-0.4, -0.2) is 21.7 Å². The fourth-order valence-electron chi connectivity index (χ4n) is 0. The minimum absolute atomic E-state index is 0. The molecule has 8 N–H and O–H groups in total. The molecule has 0 aliphatic rings. The maximum atomic E-state index is 9.09. The molecule has 0 aromatic carbocycles. The smallest absolute Gasteiger partial charge is 1.00 e. The normalized spacial score (nSPS) is 3.12. The van der Waals surface area contributed by atoms with Crippen molar-refractivity contribution in [1.29, 1.82) is 0 Å². The number of rotatable bonds is 0. The van der Waals surface area contributed by atoms with Gasteiger partial charge in [-0.15, -0.1) is 0 Å². The number of nitrogens with two attached hydrogens (primary N) is 1. The van der Waals surface area contributed by atoms with E-state index in [0.717, 1.165) is 0 Å². The molecule has 0 unspecified atom stereocenters. The fraction of sp³-hybridized carbons (Fsp3) is 0.